The van der Waals surface area contributed by atoms with Gasteiger partial charge in [-0.05, 0) is 32.0 Å². The van der Waals surface area contributed by atoms with Crippen LogP contribution in [0.3, 0.4) is 0 Å². The van der Waals surface area contributed by atoms with Gasteiger partial charge in [0.05, 0.1) is 19.8 Å². The van der Waals surface area contributed by atoms with Gasteiger partial charge in [-0.3, -0.25) is 10.1 Å². The summed E-state index contributed by atoms with van der Waals surface area (Å²) in [5, 5.41) is 14.0. The molecule has 0 aromatic rings. The third kappa shape index (κ3) is 4.25. The van der Waals surface area contributed by atoms with Crippen molar-refractivity contribution in [1.29, 1.82) is 0 Å². The lowest BCUT2D eigenvalue weighted by molar-refractivity contribution is -0.158. The number of ether oxygens (including phenoxy) is 3. The van der Waals surface area contributed by atoms with Gasteiger partial charge in [0, 0.05) is 0 Å². The van der Waals surface area contributed by atoms with Crippen molar-refractivity contribution >= 4 is 14.3 Å². The number of hydrogen-bond donors (Lipinski definition) is 2. The van der Waals surface area contributed by atoms with Gasteiger partial charge in [0.1, 0.15) is 24.4 Å². The monoisotopic (exact) mass is 375 g/mol. The maximum Gasteiger partial charge on any atom is 0.325 e. The molecule has 0 radical (unpaired) electrons. The SMILES string of the molecule is COC(=O)[C@H]1N[C@H](CO[Si](C)(C)C(C)(C)C)[C@@H](O)[C@@H]2OC(C)(C)O[C@@H]21. The van der Waals surface area contributed by atoms with E-state index in [4.69, 9.17) is 18.6 Å². The molecule has 2 rings (SSSR count). The van der Waals surface area contributed by atoms with E-state index in [1.54, 1.807) is 13.8 Å². The number of aliphatic hydroxyl groups is 1. The Balaban J connectivity index is 2.16. The number of esters is 1. The van der Waals surface area contributed by atoms with Crippen LogP contribution in [0, 0.1) is 0 Å². The first-order chi connectivity index (χ1) is 11.3. The van der Waals surface area contributed by atoms with Crippen molar-refractivity contribution in [3.63, 3.8) is 0 Å². The van der Waals surface area contributed by atoms with Gasteiger partial charge >= 0.3 is 5.97 Å². The van der Waals surface area contributed by atoms with Crippen molar-refractivity contribution in [3.05, 3.63) is 0 Å². The zero-order valence-electron chi connectivity index (χ0n) is 16.6. The van der Waals surface area contributed by atoms with Crippen molar-refractivity contribution in [2.75, 3.05) is 13.7 Å². The average molecular weight is 376 g/mol. The molecule has 5 atom stereocenters. The summed E-state index contributed by atoms with van der Waals surface area (Å²) in [4.78, 5) is 12.2. The van der Waals surface area contributed by atoms with E-state index in [1.165, 1.54) is 7.11 Å². The average Bonchev–Trinajstić information content (AvgIpc) is 2.80. The zero-order chi connectivity index (χ0) is 19.2. The predicted molar refractivity (Wildman–Crippen MR) is 95.7 cm³/mol. The Labute approximate surface area is 151 Å². The predicted octanol–water partition coefficient (Wildman–Crippen LogP) is 1.40. The molecule has 2 aliphatic rings. The molecule has 2 aliphatic heterocycles. The molecular formula is C17H33NO6Si. The fourth-order valence-electron chi connectivity index (χ4n) is 2.98. The number of nitrogens with one attached hydrogen (secondary N) is 1. The maximum atomic E-state index is 12.2. The lowest BCUT2D eigenvalue weighted by Gasteiger charge is -2.42. The molecule has 2 saturated heterocycles. The summed E-state index contributed by atoms with van der Waals surface area (Å²) in [6.07, 6.45) is -2.03. The summed E-state index contributed by atoms with van der Waals surface area (Å²) in [6.45, 7) is 14.6. The highest BCUT2D eigenvalue weighted by Gasteiger charge is 2.56. The first kappa shape index (κ1) is 20.8. The largest absolute Gasteiger partial charge is 0.468 e. The van der Waals surface area contributed by atoms with E-state index in [2.05, 4.69) is 39.2 Å². The van der Waals surface area contributed by atoms with Gasteiger partial charge in [-0.25, -0.2) is 0 Å². The minimum Gasteiger partial charge on any atom is -0.468 e. The molecule has 2 N–H and O–H groups in total. The number of rotatable bonds is 4. The van der Waals surface area contributed by atoms with E-state index < -0.39 is 50.5 Å². The van der Waals surface area contributed by atoms with E-state index in [9.17, 15) is 9.90 Å². The van der Waals surface area contributed by atoms with Gasteiger partial charge in [-0.15, -0.1) is 0 Å². The molecule has 0 aromatic heterocycles. The van der Waals surface area contributed by atoms with E-state index in [0.717, 1.165) is 0 Å². The van der Waals surface area contributed by atoms with Crippen LogP contribution in [0.15, 0.2) is 0 Å². The summed E-state index contributed by atoms with van der Waals surface area (Å²) in [5.41, 5.74) is 0. The molecule has 8 heteroatoms. The van der Waals surface area contributed by atoms with Crippen LogP contribution in [0.25, 0.3) is 0 Å². The van der Waals surface area contributed by atoms with Crippen LogP contribution in [0.4, 0.5) is 0 Å². The molecule has 0 unspecified atom stereocenters. The Morgan fingerprint density at radius 2 is 1.80 bits per heavy atom. The molecule has 2 heterocycles. The Morgan fingerprint density at radius 3 is 2.32 bits per heavy atom. The van der Waals surface area contributed by atoms with E-state index >= 15 is 0 Å². The van der Waals surface area contributed by atoms with Crippen LogP contribution in [0.1, 0.15) is 34.6 Å². The van der Waals surface area contributed by atoms with Gasteiger partial charge in [0.2, 0.25) is 0 Å². The third-order valence-corrected chi connectivity index (χ3v) is 10.0. The Hall–Kier alpha value is -0.513. The number of aliphatic hydroxyl groups excluding tert-OH is 1. The van der Waals surface area contributed by atoms with Crippen LogP contribution in [-0.2, 0) is 23.4 Å². The molecule has 7 nitrogen and oxygen atoms in total. The number of piperidine rings is 1. The molecular weight excluding hydrogens is 342 g/mol. The van der Waals surface area contributed by atoms with Gasteiger partial charge in [-0.1, -0.05) is 20.8 Å². The number of carbonyl (C=O) groups excluding carboxylic acids is 1. The van der Waals surface area contributed by atoms with Gasteiger partial charge in [0.15, 0.2) is 14.1 Å². The first-order valence-corrected chi connectivity index (χ1v) is 11.7. The molecule has 0 amide bonds. The van der Waals surface area contributed by atoms with Crippen LogP contribution >= 0.6 is 0 Å². The summed E-state index contributed by atoms with van der Waals surface area (Å²) >= 11 is 0. The minimum atomic E-state index is -1.98. The number of fused-ring (bicyclic) bond motifs is 1. The van der Waals surface area contributed by atoms with Gasteiger partial charge < -0.3 is 23.7 Å². The molecule has 25 heavy (non-hydrogen) atoms. The summed E-state index contributed by atoms with van der Waals surface area (Å²) in [7, 11) is -0.638. The second kappa shape index (κ2) is 6.90. The van der Waals surface area contributed by atoms with E-state index in [0.29, 0.717) is 6.61 Å². The molecule has 0 aliphatic carbocycles. The normalized spacial score (nSPS) is 35.3. The highest BCUT2D eigenvalue weighted by Crippen LogP contribution is 2.38. The summed E-state index contributed by atoms with van der Waals surface area (Å²) in [5.74, 6) is -1.29. The van der Waals surface area contributed by atoms with Crippen molar-refractivity contribution in [3.8, 4) is 0 Å². The molecule has 146 valence electrons. The number of carbonyl (C=O) groups is 1. The Morgan fingerprint density at radius 1 is 1.24 bits per heavy atom. The topological polar surface area (TPSA) is 86.3 Å². The van der Waals surface area contributed by atoms with Gasteiger partial charge in [-0.2, -0.15) is 0 Å². The fourth-order valence-corrected chi connectivity index (χ4v) is 4.01. The van der Waals surface area contributed by atoms with Crippen molar-refractivity contribution in [2.24, 2.45) is 0 Å². The zero-order valence-corrected chi connectivity index (χ0v) is 17.6. The van der Waals surface area contributed by atoms with Gasteiger partial charge in [0.25, 0.3) is 0 Å². The smallest absolute Gasteiger partial charge is 0.325 e. The molecule has 0 bridgehead atoms. The van der Waals surface area contributed by atoms with Crippen LogP contribution < -0.4 is 5.32 Å². The maximum absolute atomic E-state index is 12.2. The summed E-state index contributed by atoms with van der Waals surface area (Å²) in [6, 6.07) is -1.13. The van der Waals surface area contributed by atoms with Crippen molar-refractivity contribution in [2.45, 2.75) is 88.9 Å². The first-order valence-electron chi connectivity index (χ1n) is 8.80. The fraction of sp³-hybridized carbons (Fsp3) is 0.941. The van der Waals surface area contributed by atoms with Crippen LogP contribution in [0.5, 0.6) is 0 Å². The van der Waals surface area contributed by atoms with Crippen molar-refractivity contribution < 1.29 is 28.5 Å². The number of hydrogen-bond acceptors (Lipinski definition) is 7. The van der Waals surface area contributed by atoms with Crippen LogP contribution in [0.2, 0.25) is 18.1 Å². The quantitative estimate of drug-likeness (QED) is 0.567. The van der Waals surface area contributed by atoms with Crippen LogP contribution in [-0.4, -0.2) is 69.3 Å². The minimum absolute atomic E-state index is 0.0614. The summed E-state index contributed by atoms with van der Waals surface area (Å²) < 4.78 is 22.8. The standard InChI is InChI=1S/C17H33NO6Si/c1-16(2,3)25(7,8)22-9-10-12(19)14-13(23-17(4,5)24-14)11(18-10)15(20)21-6/h10-14,18-19H,9H2,1-8H3/t10-,11+,12-,13-,14+/m1/s1. The Bertz CT molecular complexity index is 504. The molecule has 0 saturated carbocycles. The second-order valence-electron chi connectivity index (χ2n) is 8.90. The number of methoxy groups -OCH3 is 1. The molecule has 2 fully saturated rings. The molecule has 0 aromatic carbocycles. The molecule has 0 spiro atoms. The highest BCUT2D eigenvalue weighted by atomic mass is 28.4. The van der Waals surface area contributed by atoms with E-state index in [-0.39, 0.29) is 5.04 Å². The highest BCUT2D eigenvalue weighted by molar-refractivity contribution is 6.74. The lowest BCUT2D eigenvalue weighted by atomic mass is 9.90. The lowest BCUT2D eigenvalue weighted by Crippen LogP contribution is -2.67. The second-order valence-corrected chi connectivity index (χ2v) is 13.7. The van der Waals surface area contributed by atoms with Crippen molar-refractivity contribution in [1.82, 2.24) is 5.32 Å². The third-order valence-electron chi connectivity index (χ3n) is 5.52. The Kier molecular flexibility index (Phi) is 5.74. The van der Waals surface area contributed by atoms with E-state index in [1.807, 2.05) is 0 Å².